The van der Waals surface area contributed by atoms with Gasteiger partial charge in [0.05, 0.1) is 11.2 Å². The molecule has 7 nitrogen and oxygen atoms in total. The normalized spacial score (nSPS) is 16.7. The van der Waals surface area contributed by atoms with E-state index in [-0.39, 0.29) is 5.04 Å². The summed E-state index contributed by atoms with van der Waals surface area (Å²) in [6.45, 7) is 17.7. The Kier molecular flexibility index (Phi) is 7.07. The van der Waals surface area contributed by atoms with Gasteiger partial charge in [0.2, 0.25) is 5.89 Å². The van der Waals surface area contributed by atoms with Crippen molar-refractivity contribution in [3.05, 3.63) is 35.9 Å². The van der Waals surface area contributed by atoms with Crippen LogP contribution in [0.2, 0.25) is 18.1 Å². The fourth-order valence-corrected chi connectivity index (χ4v) is 5.35. The maximum absolute atomic E-state index is 6.33. The van der Waals surface area contributed by atoms with Crippen molar-refractivity contribution in [2.75, 3.05) is 26.2 Å². The van der Waals surface area contributed by atoms with Gasteiger partial charge in [-0.15, -0.1) is 0 Å². The Labute approximate surface area is 198 Å². The van der Waals surface area contributed by atoms with E-state index >= 15 is 0 Å². The molecule has 1 aliphatic rings. The zero-order chi connectivity index (χ0) is 23.6. The van der Waals surface area contributed by atoms with Crippen LogP contribution in [-0.2, 0) is 10.8 Å². The van der Waals surface area contributed by atoms with E-state index in [1.54, 1.807) is 0 Å². The van der Waals surface area contributed by atoms with Crippen LogP contribution in [0.3, 0.4) is 0 Å². The Morgan fingerprint density at radius 1 is 1.15 bits per heavy atom. The number of rotatable bonds is 8. The van der Waals surface area contributed by atoms with Gasteiger partial charge in [-0.3, -0.25) is 0 Å². The molecule has 2 aromatic heterocycles. The molecule has 33 heavy (non-hydrogen) atoms. The molecule has 1 fully saturated rings. The van der Waals surface area contributed by atoms with Crippen LogP contribution in [0.4, 0.5) is 0 Å². The van der Waals surface area contributed by atoms with E-state index < -0.39 is 8.32 Å². The van der Waals surface area contributed by atoms with Gasteiger partial charge in [-0.2, -0.15) is 14.8 Å². The van der Waals surface area contributed by atoms with E-state index in [1.165, 1.54) is 0 Å². The molecule has 0 radical (unpaired) electrons. The maximum Gasteiger partial charge on any atom is 0.291 e. The van der Waals surface area contributed by atoms with Crippen molar-refractivity contribution in [1.82, 2.24) is 24.8 Å². The summed E-state index contributed by atoms with van der Waals surface area (Å²) in [6, 6.07) is 8.23. The molecule has 0 aliphatic carbocycles. The quantitative estimate of drug-likeness (QED) is 0.318. The van der Waals surface area contributed by atoms with Crippen LogP contribution in [0, 0.1) is 0 Å². The van der Waals surface area contributed by atoms with Gasteiger partial charge in [0, 0.05) is 24.5 Å². The van der Waals surface area contributed by atoms with Crippen molar-refractivity contribution in [2.24, 2.45) is 0 Å². The number of likely N-dealkylation sites (tertiary alicyclic amines) is 1. The summed E-state index contributed by atoms with van der Waals surface area (Å²) in [5, 5.41) is 10.4. The van der Waals surface area contributed by atoms with E-state index in [4.69, 9.17) is 19.0 Å². The highest BCUT2D eigenvalue weighted by Crippen LogP contribution is 2.36. The highest BCUT2D eigenvalue weighted by molar-refractivity contribution is 6.74. The van der Waals surface area contributed by atoms with E-state index in [0.29, 0.717) is 11.9 Å². The summed E-state index contributed by atoms with van der Waals surface area (Å²) in [5.41, 5.74) is 2.08. The molecule has 0 bridgehead atoms. The van der Waals surface area contributed by atoms with Gasteiger partial charge in [0.1, 0.15) is 0 Å². The lowest BCUT2D eigenvalue weighted by Crippen LogP contribution is -2.41. The van der Waals surface area contributed by atoms with Crippen molar-refractivity contribution < 1.29 is 8.95 Å². The molecule has 1 aromatic carbocycles. The second-order valence-corrected chi connectivity index (χ2v) is 15.5. The predicted molar refractivity (Wildman–Crippen MR) is 134 cm³/mol. The molecule has 0 unspecified atom stereocenters. The zero-order valence-electron chi connectivity index (χ0n) is 21.1. The molecule has 0 saturated carbocycles. The summed E-state index contributed by atoms with van der Waals surface area (Å²) >= 11 is 0. The third-order valence-corrected chi connectivity index (χ3v) is 12.0. The van der Waals surface area contributed by atoms with E-state index in [9.17, 15) is 0 Å². The summed E-state index contributed by atoms with van der Waals surface area (Å²) < 4.78 is 13.8. The second kappa shape index (κ2) is 9.68. The van der Waals surface area contributed by atoms with E-state index in [2.05, 4.69) is 63.0 Å². The number of hydrogen-bond donors (Lipinski definition) is 0. The van der Waals surface area contributed by atoms with Crippen molar-refractivity contribution >= 4 is 19.2 Å². The third-order valence-electron chi connectivity index (χ3n) is 7.44. The van der Waals surface area contributed by atoms with Crippen LogP contribution in [0.25, 0.3) is 16.9 Å². The first-order chi connectivity index (χ1) is 15.7. The lowest BCUT2D eigenvalue weighted by Gasteiger charge is -2.36. The third kappa shape index (κ3) is 5.23. The first-order valence-corrected chi connectivity index (χ1v) is 15.3. The summed E-state index contributed by atoms with van der Waals surface area (Å²) in [5.74, 6) is 1.59. The molecule has 8 heteroatoms. The minimum atomic E-state index is -1.64. The maximum atomic E-state index is 6.33. The molecule has 1 aliphatic heterocycles. The molecule has 0 amide bonds. The van der Waals surface area contributed by atoms with Gasteiger partial charge in [-0.25, -0.2) is 0 Å². The molecule has 0 N–H and O–H groups in total. The lowest BCUT2D eigenvalue weighted by atomic mass is 9.97. The fraction of sp³-hybridized carbons (Fsp3) is 0.640. The largest absolute Gasteiger partial charge is 0.417 e. The van der Waals surface area contributed by atoms with Crippen LogP contribution in [-0.4, -0.2) is 59.4 Å². The van der Waals surface area contributed by atoms with Gasteiger partial charge in [0.15, 0.2) is 8.32 Å². The predicted octanol–water partition coefficient (Wildman–Crippen LogP) is 5.56. The highest BCUT2D eigenvalue weighted by atomic mass is 28.4. The molecule has 1 saturated heterocycles. The Hall–Kier alpha value is -2.03. The van der Waals surface area contributed by atoms with Crippen molar-refractivity contribution in [1.29, 1.82) is 0 Å². The Morgan fingerprint density at radius 2 is 1.88 bits per heavy atom. The number of aromatic nitrogens is 4. The van der Waals surface area contributed by atoms with Crippen molar-refractivity contribution in [3.8, 4) is 5.95 Å². The summed E-state index contributed by atoms with van der Waals surface area (Å²) in [6.07, 6.45) is 4.06. The van der Waals surface area contributed by atoms with Crippen LogP contribution in [0.5, 0.6) is 0 Å². The average molecular weight is 470 g/mol. The molecule has 4 rings (SSSR count). The number of nitrogens with zero attached hydrogens (tertiary/aromatic N) is 5. The Bertz CT molecular complexity index is 1060. The monoisotopic (exact) mass is 469 g/mol. The average Bonchev–Trinajstić information content (AvgIpc) is 3.41. The van der Waals surface area contributed by atoms with Crippen LogP contribution >= 0.6 is 0 Å². The molecule has 3 heterocycles. The number of piperidine rings is 1. The Morgan fingerprint density at radius 3 is 2.58 bits per heavy atom. The van der Waals surface area contributed by atoms with Crippen molar-refractivity contribution in [3.63, 3.8) is 0 Å². The molecule has 180 valence electrons. The molecular weight excluding hydrogens is 430 g/mol. The number of benzene rings is 1. The van der Waals surface area contributed by atoms with Crippen molar-refractivity contribution in [2.45, 2.75) is 77.4 Å². The SMILES string of the molecule is CCc1nn(-c2noc(C3CCN(CCCO[Si](C)(C)C(C)(C)C)CC3)n2)c2ccccc12. The number of fused-ring (bicyclic) bond motifs is 1. The van der Waals surface area contributed by atoms with Crippen LogP contribution in [0.15, 0.2) is 28.8 Å². The minimum absolute atomic E-state index is 0.273. The van der Waals surface area contributed by atoms with E-state index in [0.717, 1.165) is 74.4 Å². The number of aryl methyl sites for hydroxylation is 1. The first-order valence-electron chi connectivity index (χ1n) is 12.4. The zero-order valence-corrected chi connectivity index (χ0v) is 22.1. The Balaban J connectivity index is 1.30. The van der Waals surface area contributed by atoms with Crippen LogP contribution < -0.4 is 0 Å². The van der Waals surface area contributed by atoms with Gasteiger partial charge in [-0.05, 0) is 68.1 Å². The number of para-hydroxylation sites is 1. The highest BCUT2D eigenvalue weighted by Gasteiger charge is 2.37. The first kappa shape index (κ1) is 24.1. The standard InChI is InChI=1S/C25H39N5O2Si/c1-7-21-20-11-8-9-12-22(20)30(27-21)24-26-23(32-28-24)19-13-16-29(17-14-19)15-10-18-31-33(5,6)25(2,3)4/h8-9,11-12,19H,7,10,13-18H2,1-6H3. The smallest absolute Gasteiger partial charge is 0.291 e. The van der Waals surface area contributed by atoms with Crippen LogP contribution in [0.1, 0.15) is 64.5 Å². The summed E-state index contributed by atoms with van der Waals surface area (Å²) in [7, 11) is -1.64. The topological polar surface area (TPSA) is 69.2 Å². The molecule has 0 spiro atoms. The van der Waals surface area contributed by atoms with Gasteiger partial charge < -0.3 is 13.8 Å². The second-order valence-electron chi connectivity index (χ2n) is 10.7. The fourth-order valence-electron chi connectivity index (χ4n) is 4.26. The summed E-state index contributed by atoms with van der Waals surface area (Å²) in [4.78, 5) is 7.28. The lowest BCUT2D eigenvalue weighted by molar-refractivity contribution is 0.177. The number of hydrogen-bond acceptors (Lipinski definition) is 6. The molecule has 3 aromatic rings. The van der Waals surface area contributed by atoms with E-state index in [1.807, 2.05) is 16.8 Å². The molecule has 0 atom stereocenters. The van der Waals surface area contributed by atoms with Gasteiger partial charge >= 0.3 is 0 Å². The molecular formula is C25H39N5O2Si. The minimum Gasteiger partial charge on any atom is -0.417 e. The van der Waals surface area contributed by atoms with Gasteiger partial charge in [0.25, 0.3) is 5.95 Å². The van der Waals surface area contributed by atoms with Gasteiger partial charge in [-0.1, -0.05) is 45.9 Å².